The number of fused-ring (bicyclic) bond motifs is 4. The fourth-order valence-electron chi connectivity index (χ4n) is 4.28. The van der Waals surface area contributed by atoms with Crippen LogP contribution in [0, 0.1) is 0 Å². The molecule has 2 nitrogen and oxygen atoms in total. The number of nitrogens with zero attached hydrogens (tertiary/aromatic N) is 2. The van der Waals surface area contributed by atoms with E-state index in [9.17, 15) is 0 Å². The van der Waals surface area contributed by atoms with Gasteiger partial charge in [-0.05, 0) is 39.6 Å². The highest BCUT2D eigenvalue weighted by Gasteiger charge is 2.22. The number of rotatable bonds is 1. The second-order valence-electron chi connectivity index (χ2n) is 6.88. The third kappa shape index (κ3) is 1.79. The lowest BCUT2D eigenvalue weighted by Crippen LogP contribution is -2.08. The average Bonchev–Trinajstić information content (AvgIpc) is 3.08. The van der Waals surface area contributed by atoms with Crippen molar-refractivity contribution in [3.05, 3.63) is 90.5 Å². The molecule has 0 saturated heterocycles. The summed E-state index contributed by atoms with van der Waals surface area (Å²) in [5.41, 5.74) is 7.42. The molecular formula is C24H16N2. The normalized spacial score (nSPS) is 12.5. The summed E-state index contributed by atoms with van der Waals surface area (Å²) >= 11 is 0. The Hall–Kier alpha value is -3.39. The third-order valence-electron chi connectivity index (χ3n) is 5.44. The molecule has 0 saturated carbocycles. The SMILES string of the molecule is c1ccc(-c2ccc3c4c(cccc24)-c2nc4ccccc4n2C3)cc1. The van der Waals surface area contributed by atoms with Gasteiger partial charge in [0.05, 0.1) is 17.6 Å². The molecule has 26 heavy (non-hydrogen) atoms. The monoisotopic (exact) mass is 332 g/mol. The lowest BCUT2D eigenvalue weighted by Gasteiger charge is -2.21. The van der Waals surface area contributed by atoms with Gasteiger partial charge in [-0.15, -0.1) is 0 Å². The minimum Gasteiger partial charge on any atom is -0.319 e. The van der Waals surface area contributed by atoms with Crippen molar-refractivity contribution in [2.75, 3.05) is 0 Å². The van der Waals surface area contributed by atoms with Crippen molar-refractivity contribution in [3.63, 3.8) is 0 Å². The van der Waals surface area contributed by atoms with Crippen LogP contribution >= 0.6 is 0 Å². The van der Waals surface area contributed by atoms with Crippen LogP contribution in [0.2, 0.25) is 0 Å². The van der Waals surface area contributed by atoms with Crippen LogP contribution in [0.4, 0.5) is 0 Å². The van der Waals surface area contributed by atoms with E-state index in [1.807, 2.05) is 0 Å². The van der Waals surface area contributed by atoms with Gasteiger partial charge < -0.3 is 4.57 Å². The van der Waals surface area contributed by atoms with Crippen molar-refractivity contribution in [2.45, 2.75) is 6.54 Å². The fourth-order valence-corrected chi connectivity index (χ4v) is 4.28. The van der Waals surface area contributed by atoms with Crippen LogP contribution in [0.1, 0.15) is 5.56 Å². The highest BCUT2D eigenvalue weighted by atomic mass is 15.1. The average molecular weight is 332 g/mol. The molecule has 6 rings (SSSR count). The Labute approximate surface area is 151 Å². The van der Waals surface area contributed by atoms with E-state index in [-0.39, 0.29) is 0 Å². The van der Waals surface area contributed by atoms with E-state index in [4.69, 9.17) is 4.98 Å². The Morgan fingerprint density at radius 2 is 1.54 bits per heavy atom. The highest BCUT2D eigenvalue weighted by Crippen LogP contribution is 2.41. The molecule has 1 aliphatic rings. The van der Waals surface area contributed by atoms with Crippen molar-refractivity contribution in [1.82, 2.24) is 9.55 Å². The molecule has 2 heterocycles. The van der Waals surface area contributed by atoms with Gasteiger partial charge >= 0.3 is 0 Å². The number of aromatic nitrogens is 2. The van der Waals surface area contributed by atoms with Gasteiger partial charge in [0.15, 0.2) is 0 Å². The molecule has 1 aromatic heterocycles. The van der Waals surface area contributed by atoms with E-state index < -0.39 is 0 Å². The van der Waals surface area contributed by atoms with Crippen LogP contribution in [0.5, 0.6) is 0 Å². The standard InChI is InChI=1S/C24H16N2/c1-2-7-16(8-3-1)18-14-13-17-15-26-22-12-5-4-11-21(22)25-24(26)20-10-6-9-19(18)23(17)20/h1-14H,15H2. The molecule has 0 N–H and O–H groups in total. The number of benzene rings is 4. The minimum absolute atomic E-state index is 0.873. The topological polar surface area (TPSA) is 17.8 Å². The molecule has 2 heteroatoms. The van der Waals surface area contributed by atoms with Gasteiger partial charge in [-0.1, -0.05) is 72.8 Å². The maximum Gasteiger partial charge on any atom is 0.142 e. The van der Waals surface area contributed by atoms with Crippen molar-refractivity contribution < 1.29 is 0 Å². The number of hydrogen-bond acceptors (Lipinski definition) is 1. The van der Waals surface area contributed by atoms with Crippen LogP contribution in [0.15, 0.2) is 84.9 Å². The molecule has 0 aliphatic carbocycles. The summed E-state index contributed by atoms with van der Waals surface area (Å²) in [6.45, 7) is 0.873. The summed E-state index contributed by atoms with van der Waals surface area (Å²) in [7, 11) is 0. The summed E-state index contributed by atoms with van der Waals surface area (Å²) in [5, 5.41) is 2.65. The van der Waals surface area contributed by atoms with Crippen molar-refractivity contribution >= 4 is 21.8 Å². The number of hydrogen-bond donors (Lipinski definition) is 0. The van der Waals surface area contributed by atoms with Crippen molar-refractivity contribution in [2.24, 2.45) is 0 Å². The van der Waals surface area contributed by atoms with E-state index in [2.05, 4.69) is 89.5 Å². The summed E-state index contributed by atoms with van der Waals surface area (Å²) in [6, 6.07) is 30.2. The Bertz CT molecular complexity index is 1300. The maximum absolute atomic E-state index is 4.94. The Morgan fingerprint density at radius 3 is 2.46 bits per heavy atom. The van der Waals surface area contributed by atoms with Crippen LogP contribution in [-0.2, 0) is 6.54 Å². The van der Waals surface area contributed by atoms with E-state index in [0.717, 1.165) is 17.9 Å². The molecule has 0 unspecified atom stereocenters. The summed E-state index contributed by atoms with van der Waals surface area (Å²) in [6.07, 6.45) is 0. The van der Waals surface area contributed by atoms with Gasteiger partial charge in [-0.3, -0.25) is 0 Å². The molecule has 0 fully saturated rings. The molecule has 122 valence electrons. The maximum atomic E-state index is 4.94. The molecule has 5 aromatic rings. The molecule has 0 atom stereocenters. The lowest BCUT2D eigenvalue weighted by atomic mass is 9.90. The molecule has 1 aliphatic heterocycles. The quantitative estimate of drug-likeness (QED) is 0.367. The number of para-hydroxylation sites is 2. The molecule has 0 radical (unpaired) electrons. The van der Waals surface area contributed by atoms with Gasteiger partial charge in [0.25, 0.3) is 0 Å². The molecular weight excluding hydrogens is 316 g/mol. The van der Waals surface area contributed by atoms with Gasteiger partial charge in [-0.25, -0.2) is 4.98 Å². The van der Waals surface area contributed by atoms with Gasteiger partial charge in [0.2, 0.25) is 0 Å². The lowest BCUT2D eigenvalue weighted by molar-refractivity contribution is 0.831. The zero-order valence-corrected chi connectivity index (χ0v) is 14.2. The second kappa shape index (κ2) is 5.06. The second-order valence-corrected chi connectivity index (χ2v) is 6.88. The Kier molecular flexibility index (Phi) is 2.69. The Balaban J connectivity index is 1.71. The first-order valence-corrected chi connectivity index (χ1v) is 8.96. The predicted molar refractivity (Wildman–Crippen MR) is 107 cm³/mol. The molecule has 0 amide bonds. The van der Waals surface area contributed by atoms with E-state index >= 15 is 0 Å². The predicted octanol–water partition coefficient (Wildman–Crippen LogP) is 5.89. The third-order valence-corrected chi connectivity index (χ3v) is 5.44. The molecule has 0 spiro atoms. The largest absolute Gasteiger partial charge is 0.319 e. The van der Waals surface area contributed by atoms with Crippen LogP contribution < -0.4 is 0 Å². The zero-order chi connectivity index (χ0) is 17.1. The van der Waals surface area contributed by atoms with Crippen LogP contribution in [-0.4, -0.2) is 9.55 Å². The van der Waals surface area contributed by atoms with Gasteiger partial charge in [0.1, 0.15) is 5.82 Å². The van der Waals surface area contributed by atoms with Crippen molar-refractivity contribution in [1.29, 1.82) is 0 Å². The van der Waals surface area contributed by atoms with Gasteiger partial charge in [0, 0.05) is 5.56 Å². The summed E-state index contributed by atoms with van der Waals surface area (Å²) in [4.78, 5) is 4.94. The zero-order valence-electron chi connectivity index (χ0n) is 14.2. The van der Waals surface area contributed by atoms with Crippen LogP contribution in [0.3, 0.4) is 0 Å². The minimum atomic E-state index is 0.873. The first-order valence-electron chi connectivity index (χ1n) is 8.96. The van der Waals surface area contributed by atoms with Crippen LogP contribution in [0.25, 0.3) is 44.3 Å². The molecule has 0 bridgehead atoms. The van der Waals surface area contributed by atoms with E-state index in [1.165, 1.54) is 38.5 Å². The smallest absolute Gasteiger partial charge is 0.142 e. The summed E-state index contributed by atoms with van der Waals surface area (Å²) < 4.78 is 2.34. The fraction of sp³-hybridized carbons (Fsp3) is 0.0417. The summed E-state index contributed by atoms with van der Waals surface area (Å²) in [5.74, 6) is 1.08. The first-order chi connectivity index (χ1) is 12.9. The highest BCUT2D eigenvalue weighted by molar-refractivity contribution is 6.07. The van der Waals surface area contributed by atoms with E-state index in [0.29, 0.717) is 0 Å². The van der Waals surface area contributed by atoms with Crippen molar-refractivity contribution in [3.8, 4) is 22.5 Å². The first kappa shape index (κ1) is 13.9. The Morgan fingerprint density at radius 1 is 0.692 bits per heavy atom. The van der Waals surface area contributed by atoms with E-state index in [1.54, 1.807) is 0 Å². The van der Waals surface area contributed by atoms with Gasteiger partial charge in [-0.2, -0.15) is 0 Å². The number of imidazole rings is 1. The molecule has 4 aromatic carbocycles.